The highest BCUT2D eigenvalue weighted by atomic mass is 14.9. The number of nitrogens with one attached hydrogen (secondary N) is 1. The maximum atomic E-state index is 4.67. The molecule has 0 bridgehead atoms. The van der Waals surface area contributed by atoms with Crippen molar-refractivity contribution in [2.75, 3.05) is 0 Å². The van der Waals surface area contributed by atoms with E-state index in [4.69, 9.17) is 0 Å². The Hall–Kier alpha value is -0.790. The molecule has 0 fully saturated rings. The quantitative estimate of drug-likeness (QED) is 0.768. The van der Waals surface area contributed by atoms with Gasteiger partial charge in [0.25, 0.3) is 0 Å². The summed E-state index contributed by atoms with van der Waals surface area (Å²) in [4.78, 5) is 7.96. The predicted octanol–water partition coefficient (Wildman–Crippen LogP) is 3.39. The van der Waals surface area contributed by atoms with E-state index in [1.54, 1.807) is 0 Å². The Bertz CT molecular complexity index is 302. The lowest BCUT2D eigenvalue weighted by molar-refractivity contribution is 0.473. The van der Waals surface area contributed by atoms with Gasteiger partial charge in [0.2, 0.25) is 0 Å². The highest BCUT2D eigenvalue weighted by Crippen LogP contribution is 2.27. The van der Waals surface area contributed by atoms with Crippen LogP contribution in [0.25, 0.3) is 0 Å². The van der Waals surface area contributed by atoms with Crippen molar-refractivity contribution in [3.63, 3.8) is 0 Å². The van der Waals surface area contributed by atoms with Crippen LogP contribution in [0.2, 0.25) is 0 Å². The summed E-state index contributed by atoms with van der Waals surface area (Å²) < 4.78 is 0. The van der Waals surface area contributed by atoms with Crippen LogP contribution in [-0.4, -0.2) is 9.97 Å². The van der Waals surface area contributed by atoms with Gasteiger partial charge in [-0.25, -0.2) is 4.98 Å². The number of hydrogen-bond acceptors (Lipinski definition) is 1. The third-order valence-electron chi connectivity index (χ3n) is 2.87. The Morgan fingerprint density at radius 1 is 1.21 bits per heavy atom. The van der Waals surface area contributed by atoms with E-state index < -0.39 is 0 Å². The second-order valence-electron chi connectivity index (χ2n) is 5.62. The fraction of sp³-hybridized carbons (Fsp3) is 0.750. The molecule has 0 saturated heterocycles. The minimum Gasteiger partial charge on any atom is -0.348 e. The van der Waals surface area contributed by atoms with Crippen LogP contribution in [-0.2, 0) is 10.8 Å². The third-order valence-corrected chi connectivity index (χ3v) is 2.87. The fourth-order valence-corrected chi connectivity index (χ4v) is 1.22. The molecule has 0 radical (unpaired) electrons. The summed E-state index contributed by atoms with van der Waals surface area (Å²) >= 11 is 0. The predicted molar refractivity (Wildman–Crippen MR) is 60.6 cm³/mol. The summed E-state index contributed by atoms with van der Waals surface area (Å²) in [6.07, 6.45) is 3.14. The molecule has 1 heterocycles. The lowest BCUT2D eigenvalue weighted by atomic mass is 9.89. The minimum atomic E-state index is 0.137. The van der Waals surface area contributed by atoms with Crippen LogP contribution >= 0.6 is 0 Å². The summed E-state index contributed by atoms with van der Waals surface area (Å²) in [6, 6.07) is 0. The summed E-state index contributed by atoms with van der Waals surface area (Å²) in [5, 5.41) is 0. The van der Waals surface area contributed by atoms with Crippen LogP contribution in [0.4, 0.5) is 0 Å². The van der Waals surface area contributed by atoms with E-state index in [0.717, 1.165) is 17.9 Å². The topological polar surface area (TPSA) is 28.7 Å². The molecule has 2 heteroatoms. The van der Waals surface area contributed by atoms with Gasteiger partial charge < -0.3 is 4.98 Å². The smallest absolute Gasteiger partial charge is 0.112 e. The van der Waals surface area contributed by atoms with E-state index in [1.165, 1.54) is 0 Å². The summed E-state index contributed by atoms with van der Waals surface area (Å²) in [5.41, 5.74) is 1.44. The average Bonchev–Trinajstić information content (AvgIpc) is 2.51. The van der Waals surface area contributed by atoms with Gasteiger partial charge in [-0.1, -0.05) is 41.5 Å². The molecular weight excluding hydrogens is 172 g/mol. The Morgan fingerprint density at radius 3 is 2.14 bits per heavy atom. The lowest BCUT2D eigenvalue weighted by Crippen LogP contribution is -2.18. The largest absolute Gasteiger partial charge is 0.348 e. The molecule has 1 aromatic heterocycles. The SMILES string of the molecule is CCC(C)(C)c1nc(C(C)(C)C)c[nH]1. The first-order chi connectivity index (χ1) is 6.27. The number of nitrogens with zero attached hydrogens (tertiary/aromatic N) is 1. The van der Waals surface area contributed by atoms with Crippen LogP contribution in [0, 0.1) is 0 Å². The fourth-order valence-electron chi connectivity index (χ4n) is 1.22. The van der Waals surface area contributed by atoms with E-state index in [-0.39, 0.29) is 10.8 Å². The number of rotatable bonds is 2. The maximum Gasteiger partial charge on any atom is 0.112 e. The molecule has 80 valence electrons. The number of imidazole rings is 1. The molecule has 0 amide bonds. The second-order valence-corrected chi connectivity index (χ2v) is 5.62. The molecule has 0 saturated carbocycles. The monoisotopic (exact) mass is 194 g/mol. The molecule has 14 heavy (non-hydrogen) atoms. The van der Waals surface area contributed by atoms with Gasteiger partial charge in [-0.15, -0.1) is 0 Å². The van der Waals surface area contributed by atoms with Crippen LogP contribution in [0.15, 0.2) is 6.20 Å². The zero-order chi connectivity index (χ0) is 11.0. The normalized spacial score (nSPS) is 13.3. The molecule has 2 nitrogen and oxygen atoms in total. The second kappa shape index (κ2) is 3.41. The van der Waals surface area contributed by atoms with Gasteiger partial charge in [0.1, 0.15) is 5.82 Å². The number of H-pyrrole nitrogens is 1. The van der Waals surface area contributed by atoms with Crippen molar-refractivity contribution in [2.45, 2.75) is 58.8 Å². The Morgan fingerprint density at radius 2 is 1.79 bits per heavy atom. The van der Waals surface area contributed by atoms with Crippen LogP contribution < -0.4 is 0 Å². The van der Waals surface area contributed by atoms with Crippen molar-refractivity contribution in [3.05, 3.63) is 17.7 Å². The first-order valence-electron chi connectivity index (χ1n) is 5.34. The van der Waals surface area contributed by atoms with Crippen LogP contribution in [0.5, 0.6) is 0 Å². The zero-order valence-electron chi connectivity index (χ0n) is 10.2. The van der Waals surface area contributed by atoms with Gasteiger partial charge in [0.05, 0.1) is 5.69 Å². The van der Waals surface area contributed by atoms with E-state index in [2.05, 4.69) is 51.5 Å². The minimum absolute atomic E-state index is 0.137. The Labute approximate surface area is 87.1 Å². The molecule has 0 spiro atoms. The molecule has 0 aliphatic heterocycles. The van der Waals surface area contributed by atoms with E-state index in [0.29, 0.717) is 0 Å². The van der Waals surface area contributed by atoms with Gasteiger partial charge in [-0.3, -0.25) is 0 Å². The highest BCUT2D eigenvalue weighted by Gasteiger charge is 2.24. The zero-order valence-corrected chi connectivity index (χ0v) is 10.2. The molecule has 1 rings (SSSR count). The average molecular weight is 194 g/mol. The molecule has 0 atom stereocenters. The van der Waals surface area contributed by atoms with Gasteiger partial charge in [0, 0.05) is 17.0 Å². The van der Waals surface area contributed by atoms with Crippen molar-refractivity contribution in [2.24, 2.45) is 0 Å². The van der Waals surface area contributed by atoms with Crippen molar-refractivity contribution >= 4 is 0 Å². The molecule has 0 unspecified atom stereocenters. The number of aromatic nitrogens is 2. The van der Waals surface area contributed by atoms with Gasteiger partial charge >= 0.3 is 0 Å². The van der Waals surface area contributed by atoms with E-state index >= 15 is 0 Å². The van der Waals surface area contributed by atoms with Crippen molar-refractivity contribution < 1.29 is 0 Å². The first-order valence-corrected chi connectivity index (χ1v) is 5.34. The third kappa shape index (κ3) is 2.17. The lowest BCUT2D eigenvalue weighted by Gasteiger charge is -2.20. The van der Waals surface area contributed by atoms with Gasteiger partial charge in [-0.05, 0) is 6.42 Å². The standard InChI is InChI=1S/C12H22N2/c1-7-12(5,6)10-13-8-9(14-10)11(2,3)4/h8H,7H2,1-6H3,(H,13,14). The molecule has 0 aromatic carbocycles. The molecule has 1 N–H and O–H groups in total. The first kappa shape index (κ1) is 11.3. The maximum absolute atomic E-state index is 4.67. The summed E-state index contributed by atoms with van der Waals surface area (Å²) in [6.45, 7) is 13.2. The van der Waals surface area contributed by atoms with Crippen molar-refractivity contribution in [3.8, 4) is 0 Å². The Kier molecular flexibility index (Phi) is 2.75. The van der Waals surface area contributed by atoms with Crippen molar-refractivity contribution in [1.29, 1.82) is 0 Å². The summed E-state index contributed by atoms with van der Waals surface area (Å²) in [7, 11) is 0. The van der Waals surface area contributed by atoms with E-state index in [1.807, 2.05) is 6.20 Å². The van der Waals surface area contributed by atoms with E-state index in [9.17, 15) is 0 Å². The molecular formula is C12H22N2. The molecule has 0 aliphatic rings. The van der Waals surface area contributed by atoms with Gasteiger partial charge in [0.15, 0.2) is 0 Å². The van der Waals surface area contributed by atoms with Crippen LogP contribution in [0.1, 0.15) is 59.5 Å². The number of hydrogen-bond donors (Lipinski definition) is 1. The van der Waals surface area contributed by atoms with Crippen LogP contribution in [0.3, 0.4) is 0 Å². The van der Waals surface area contributed by atoms with Crippen molar-refractivity contribution in [1.82, 2.24) is 9.97 Å². The molecule has 0 aliphatic carbocycles. The number of aromatic amines is 1. The Balaban J connectivity index is 3.00. The van der Waals surface area contributed by atoms with Gasteiger partial charge in [-0.2, -0.15) is 0 Å². The molecule has 1 aromatic rings. The summed E-state index contributed by atoms with van der Waals surface area (Å²) in [5.74, 6) is 1.10. The highest BCUT2D eigenvalue weighted by molar-refractivity contribution is 5.15.